The molecule has 2 aliphatic rings. The van der Waals surface area contributed by atoms with Gasteiger partial charge in [0.05, 0.1) is 23.0 Å². The van der Waals surface area contributed by atoms with Crippen molar-refractivity contribution in [3.05, 3.63) is 101 Å². The van der Waals surface area contributed by atoms with Gasteiger partial charge in [-0.1, -0.05) is 42.5 Å². The van der Waals surface area contributed by atoms with Crippen LogP contribution < -0.4 is 0 Å². The second kappa shape index (κ2) is 8.87. The number of nitrogens with zero attached hydrogens (tertiary/aromatic N) is 2. The third-order valence-electron chi connectivity index (χ3n) is 6.82. The minimum absolute atomic E-state index is 0.179. The molecule has 0 saturated carbocycles. The third-order valence-corrected chi connectivity index (χ3v) is 6.82. The zero-order chi connectivity index (χ0) is 23.8. The first-order valence-electron chi connectivity index (χ1n) is 11.8. The number of allylic oxidation sites excluding steroid dienone is 1. The topological polar surface area (TPSA) is 72.6 Å². The lowest BCUT2D eigenvalue weighted by atomic mass is 10.00. The number of hydrogen-bond acceptors (Lipinski definition) is 5. The van der Waals surface area contributed by atoms with E-state index >= 15 is 0 Å². The van der Waals surface area contributed by atoms with Crippen LogP contribution in [0.15, 0.2) is 71.3 Å². The standard InChI is InChI=1S/C29H24N2O4/c32-26(31-14-13-19-6-1-2-7-21(19)17-31)18-35-29(33)27-23-9-3-4-10-25(23)30-28-20(11-12-24(27)28)16-22-8-5-15-34-22/h1-10,15-16H,11-14,17-18H2/b20-16+. The third kappa shape index (κ3) is 4.01. The number of carbonyl (C=O) groups excluding carboxylic acids is 2. The van der Waals surface area contributed by atoms with Gasteiger partial charge in [-0.25, -0.2) is 9.78 Å². The van der Waals surface area contributed by atoms with E-state index in [2.05, 4.69) is 6.07 Å². The molecule has 1 aliphatic carbocycles. The molecule has 1 amide bonds. The number of pyridine rings is 1. The molecule has 2 aromatic heterocycles. The molecule has 35 heavy (non-hydrogen) atoms. The van der Waals surface area contributed by atoms with Crippen LogP contribution in [0.3, 0.4) is 0 Å². The predicted octanol–water partition coefficient (Wildman–Crippen LogP) is 5.06. The van der Waals surface area contributed by atoms with E-state index in [-0.39, 0.29) is 12.5 Å². The number of carbonyl (C=O) groups is 2. The van der Waals surface area contributed by atoms with Gasteiger partial charge >= 0.3 is 5.97 Å². The van der Waals surface area contributed by atoms with Crippen molar-refractivity contribution in [2.45, 2.75) is 25.8 Å². The van der Waals surface area contributed by atoms with Gasteiger partial charge in [0.15, 0.2) is 6.61 Å². The Hall–Kier alpha value is -4.19. The highest BCUT2D eigenvalue weighted by Crippen LogP contribution is 2.37. The van der Waals surface area contributed by atoms with E-state index in [1.165, 1.54) is 5.56 Å². The lowest BCUT2D eigenvalue weighted by Gasteiger charge is -2.28. The number of amides is 1. The molecule has 0 spiro atoms. The predicted molar refractivity (Wildman–Crippen MR) is 132 cm³/mol. The maximum absolute atomic E-state index is 13.4. The molecule has 0 atom stereocenters. The highest BCUT2D eigenvalue weighted by molar-refractivity contribution is 6.07. The second-order valence-electron chi connectivity index (χ2n) is 8.93. The minimum Gasteiger partial charge on any atom is -0.465 e. The number of aromatic nitrogens is 1. The normalized spacial score (nSPS) is 15.8. The molecule has 3 heterocycles. The van der Waals surface area contributed by atoms with Crippen LogP contribution in [0, 0.1) is 0 Å². The summed E-state index contributed by atoms with van der Waals surface area (Å²) in [6.45, 7) is 0.893. The fraction of sp³-hybridized carbons (Fsp3) is 0.207. The Morgan fingerprint density at radius 1 is 0.971 bits per heavy atom. The zero-order valence-electron chi connectivity index (χ0n) is 19.2. The summed E-state index contributed by atoms with van der Waals surface area (Å²) in [5.74, 6) is 0.0896. The summed E-state index contributed by atoms with van der Waals surface area (Å²) < 4.78 is 11.1. The fourth-order valence-electron chi connectivity index (χ4n) is 5.06. The van der Waals surface area contributed by atoms with E-state index < -0.39 is 5.97 Å². The lowest BCUT2D eigenvalue weighted by molar-refractivity contribution is -0.135. The van der Waals surface area contributed by atoms with Gasteiger partial charge in [-0.2, -0.15) is 0 Å². The zero-order valence-corrected chi connectivity index (χ0v) is 19.2. The van der Waals surface area contributed by atoms with Gasteiger partial charge in [-0.15, -0.1) is 0 Å². The first-order chi connectivity index (χ1) is 17.2. The van der Waals surface area contributed by atoms with Crippen molar-refractivity contribution in [2.75, 3.05) is 13.2 Å². The number of fused-ring (bicyclic) bond motifs is 3. The summed E-state index contributed by atoms with van der Waals surface area (Å²) in [4.78, 5) is 32.9. The number of para-hydroxylation sites is 1. The molecule has 1 aliphatic heterocycles. The first kappa shape index (κ1) is 21.4. The molecule has 6 heteroatoms. The monoisotopic (exact) mass is 464 g/mol. The van der Waals surface area contributed by atoms with Crippen LogP contribution in [0.4, 0.5) is 0 Å². The van der Waals surface area contributed by atoms with Gasteiger partial charge in [0, 0.05) is 18.5 Å². The minimum atomic E-state index is -0.482. The summed E-state index contributed by atoms with van der Waals surface area (Å²) >= 11 is 0. The highest BCUT2D eigenvalue weighted by atomic mass is 16.5. The van der Waals surface area contributed by atoms with Crippen LogP contribution in [0.5, 0.6) is 0 Å². The SMILES string of the molecule is O=C(OCC(=O)N1CCc2ccccc2C1)c1c2c(nc3ccccc13)/C(=C/c1ccco1)CC2. The van der Waals surface area contributed by atoms with Crippen molar-refractivity contribution in [1.82, 2.24) is 9.88 Å². The number of furan rings is 1. The van der Waals surface area contributed by atoms with Crippen molar-refractivity contribution in [3.8, 4) is 0 Å². The summed E-state index contributed by atoms with van der Waals surface area (Å²) in [7, 11) is 0. The molecule has 0 fully saturated rings. The van der Waals surface area contributed by atoms with Gasteiger partial charge < -0.3 is 14.1 Å². The number of esters is 1. The summed E-state index contributed by atoms with van der Waals surface area (Å²) in [6.07, 6.45) is 5.85. The summed E-state index contributed by atoms with van der Waals surface area (Å²) in [5, 5.41) is 0.745. The number of benzene rings is 2. The lowest BCUT2D eigenvalue weighted by Crippen LogP contribution is -2.38. The van der Waals surface area contributed by atoms with Crippen molar-refractivity contribution >= 4 is 34.4 Å². The van der Waals surface area contributed by atoms with Crippen molar-refractivity contribution in [3.63, 3.8) is 0 Å². The molecule has 0 bridgehead atoms. The van der Waals surface area contributed by atoms with Crippen LogP contribution in [-0.4, -0.2) is 34.9 Å². The van der Waals surface area contributed by atoms with E-state index in [0.717, 1.165) is 51.9 Å². The molecule has 0 radical (unpaired) electrons. The quantitative estimate of drug-likeness (QED) is 0.395. The Morgan fingerprint density at radius 2 is 1.80 bits per heavy atom. The van der Waals surface area contributed by atoms with Crippen molar-refractivity contribution in [1.29, 1.82) is 0 Å². The molecule has 0 saturated heterocycles. The van der Waals surface area contributed by atoms with Gasteiger partial charge in [0.25, 0.3) is 5.91 Å². The van der Waals surface area contributed by atoms with Crippen LogP contribution in [0.1, 0.15) is 44.9 Å². The van der Waals surface area contributed by atoms with E-state index in [1.54, 1.807) is 11.2 Å². The van der Waals surface area contributed by atoms with Crippen LogP contribution >= 0.6 is 0 Å². The molecule has 174 valence electrons. The maximum atomic E-state index is 13.4. The molecule has 2 aromatic carbocycles. The van der Waals surface area contributed by atoms with Crippen LogP contribution in [0.2, 0.25) is 0 Å². The smallest absolute Gasteiger partial charge is 0.339 e. The van der Waals surface area contributed by atoms with Crippen LogP contribution in [-0.2, 0) is 28.9 Å². The van der Waals surface area contributed by atoms with Gasteiger partial charge in [0.1, 0.15) is 5.76 Å². The number of hydrogen-bond donors (Lipinski definition) is 0. The molecule has 4 aromatic rings. The Bertz CT molecular complexity index is 1470. The van der Waals surface area contributed by atoms with E-state index in [1.807, 2.05) is 60.7 Å². The highest BCUT2D eigenvalue weighted by Gasteiger charge is 2.29. The first-order valence-corrected chi connectivity index (χ1v) is 11.8. The Kier molecular flexibility index (Phi) is 5.41. The van der Waals surface area contributed by atoms with Gasteiger partial charge in [0.2, 0.25) is 0 Å². The Labute approximate surface area is 202 Å². The summed E-state index contributed by atoms with van der Waals surface area (Å²) in [5.41, 5.74) is 6.34. The molecular formula is C29H24N2O4. The molecule has 0 N–H and O–H groups in total. The fourth-order valence-corrected chi connectivity index (χ4v) is 5.06. The molecular weight excluding hydrogens is 440 g/mol. The summed E-state index contributed by atoms with van der Waals surface area (Å²) in [6, 6.07) is 19.5. The molecule has 6 rings (SSSR count). The van der Waals surface area contributed by atoms with E-state index in [4.69, 9.17) is 14.1 Å². The Balaban J connectivity index is 1.26. The van der Waals surface area contributed by atoms with E-state index in [9.17, 15) is 9.59 Å². The largest absolute Gasteiger partial charge is 0.465 e. The average molecular weight is 465 g/mol. The van der Waals surface area contributed by atoms with Crippen molar-refractivity contribution < 1.29 is 18.7 Å². The number of rotatable bonds is 4. The maximum Gasteiger partial charge on any atom is 0.339 e. The van der Waals surface area contributed by atoms with Gasteiger partial charge in [-0.05, 0) is 65.8 Å². The van der Waals surface area contributed by atoms with Crippen molar-refractivity contribution in [2.24, 2.45) is 0 Å². The van der Waals surface area contributed by atoms with E-state index in [0.29, 0.717) is 25.1 Å². The second-order valence-corrected chi connectivity index (χ2v) is 8.93. The molecule has 6 nitrogen and oxygen atoms in total. The van der Waals surface area contributed by atoms with Crippen LogP contribution in [0.25, 0.3) is 22.6 Å². The Morgan fingerprint density at radius 3 is 2.66 bits per heavy atom. The average Bonchev–Trinajstić information content (AvgIpc) is 3.55. The molecule has 0 unspecified atom stereocenters. The number of ether oxygens (including phenoxy) is 1. The van der Waals surface area contributed by atoms with Gasteiger partial charge in [-0.3, -0.25) is 4.79 Å².